The van der Waals surface area contributed by atoms with E-state index in [-0.39, 0.29) is 0 Å². The van der Waals surface area contributed by atoms with Gasteiger partial charge in [0, 0.05) is 50.2 Å². The predicted molar refractivity (Wildman–Crippen MR) is 101 cm³/mol. The zero-order valence-corrected chi connectivity index (χ0v) is 15.7. The molecule has 1 aliphatic rings. The van der Waals surface area contributed by atoms with Crippen molar-refractivity contribution in [3.63, 3.8) is 0 Å². The average Bonchev–Trinajstić information content (AvgIpc) is 2.68. The van der Waals surface area contributed by atoms with Crippen molar-refractivity contribution in [2.75, 3.05) is 64.8 Å². The fraction of sp³-hybridized carbons (Fsp3) is 0.444. The van der Waals surface area contributed by atoms with Crippen LogP contribution in [-0.2, 0) is 0 Å². The minimum atomic E-state index is 0.524. The van der Waals surface area contributed by atoms with E-state index in [1.165, 1.54) is 0 Å². The van der Waals surface area contributed by atoms with Gasteiger partial charge in [0.2, 0.25) is 11.7 Å². The van der Waals surface area contributed by atoms with Crippen LogP contribution in [0.15, 0.2) is 24.4 Å². The van der Waals surface area contributed by atoms with Gasteiger partial charge in [-0.05, 0) is 13.1 Å². The summed E-state index contributed by atoms with van der Waals surface area (Å²) in [7, 11) is 6.89. The number of rotatable bonds is 6. The number of anilines is 3. The molecule has 0 bridgehead atoms. The van der Waals surface area contributed by atoms with Crippen LogP contribution in [0.2, 0.25) is 0 Å². The fourth-order valence-electron chi connectivity index (χ4n) is 2.90. The molecule has 1 aromatic heterocycles. The largest absolute Gasteiger partial charge is 0.493 e. The summed E-state index contributed by atoms with van der Waals surface area (Å²) in [5.74, 6) is 3.14. The Kier molecular flexibility index (Phi) is 5.62. The van der Waals surface area contributed by atoms with Crippen molar-refractivity contribution in [2.24, 2.45) is 0 Å². The molecular weight excluding hydrogens is 334 g/mol. The number of piperazine rings is 1. The molecule has 140 valence electrons. The van der Waals surface area contributed by atoms with Crippen LogP contribution in [0, 0.1) is 0 Å². The van der Waals surface area contributed by atoms with Crippen LogP contribution in [-0.4, -0.2) is 69.4 Å². The number of hydrogen-bond donors (Lipinski definition) is 1. The molecule has 2 heterocycles. The third kappa shape index (κ3) is 3.91. The van der Waals surface area contributed by atoms with E-state index < -0.39 is 0 Å². The van der Waals surface area contributed by atoms with Gasteiger partial charge in [-0.3, -0.25) is 0 Å². The number of benzene rings is 1. The van der Waals surface area contributed by atoms with E-state index in [2.05, 4.69) is 32.1 Å². The molecule has 0 saturated carbocycles. The van der Waals surface area contributed by atoms with Crippen molar-refractivity contribution >= 4 is 17.5 Å². The van der Waals surface area contributed by atoms with Gasteiger partial charge in [-0.1, -0.05) is 0 Å². The van der Waals surface area contributed by atoms with Crippen molar-refractivity contribution in [2.45, 2.75) is 0 Å². The molecule has 0 atom stereocenters. The molecule has 1 aliphatic heterocycles. The van der Waals surface area contributed by atoms with E-state index in [4.69, 9.17) is 14.2 Å². The molecule has 0 unspecified atom stereocenters. The normalized spacial score (nSPS) is 14.8. The first kappa shape index (κ1) is 18.1. The number of nitrogens with one attached hydrogen (secondary N) is 1. The minimum absolute atomic E-state index is 0.524. The van der Waals surface area contributed by atoms with Gasteiger partial charge in [0.25, 0.3) is 0 Å². The van der Waals surface area contributed by atoms with E-state index >= 15 is 0 Å². The highest BCUT2D eigenvalue weighted by molar-refractivity contribution is 5.66. The fourth-order valence-corrected chi connectivity index (χ4v) is 2.90. The predicted octanol–water partition coefficient (Wildman–Crippen LogP) is 2.00. The van der Waals surface area contributed by atoms with Crippen LogP contribution in [0.25, 0.3) is 0 Å². The Morgan fingerprint density at radius 1 is 0.962 bits per heavy atom. The Morgan fingerprint density at radius 3 is 2.19 bits per heavy atom. The summed E-state index contributed by atoms with van der Waals surface area (Å²) >= 11 is 0. The SMILES string of the molecule is COc1cc(Nc2nccc(N3CCN(C)CC3)n2)cc(OC)c1OC. The number of aromatic nitrogens is 2. The number of likely N-dealkylation sites (N-methyl/N-ethyl adjacent to an activating group) is 1. The first-order valence-corrected chi connectivity index (χ1v) is 8.48. The van der Waals surface area contributed by atoms with Gasteiger partial charge in [-0.25, -0.2) is 4.98 Å². The van der Waals surface area contributed by atoms with Gasteiger partial charge in [0.05, 0.1) is 21.3 Å². The minimum Gasteiger partial charge on any atom is -0.493 e. The summed E-state index contributed by atoms with van der Waals surface area (Å²) in [6, 6.07) is 5.59. The quantitative estimate of drug-likeness (QED) is 0.840. The molecule has 0 aliphatic carbocycles. The maximum Gasteiger partial charge on any atom is 0.229 e. The van der Waals surface area contributed by atoms with Gasteiger partial charge in [0.1, 0.15) is 5.82 Å². The molecule has 8 heteroatoms. The average molecular weight is 359 g/mol. The van der Waals surface area contributed by atoms with Crippen molar-refractivity contribution < 1.29 is 14.2 Å². The monoisotopic (exact) mass is 359 g/mol. The smallest absolute Gasteiger partial charge is 0.229 e. The molecule has 3 rings (SSSR count). The van der Waals surface area contributed by atoms with Crippen LogP contribution in [0.5, 0.6) is 17.2 Å². The third-order valence-electron chi connectivity index (χ3n) is 4.39. The Balaban J connectivity index is 1.82. The highest BCUT2D eigenvalue weighted by Gasteiger charge is 2.17. The number of hydrogen-bond acceptors (Lipinski definition) is 8. The molecule has 1 saturated heterocycles. The lowest BCUT2D eigenvalue weighted by molar-refractivity contribution is 0.312. The Morgan fingerprint density at radius 2 is 1.62 bits per heavy atom. The summed E-state index contributed by atoms with van der Waals surface area (Å²) in [5, 5.41) is 3.22. The van der Waals surface area contributed by atoms with Gasteiger partial charge >= 0.3 is 0 Å². The highest BCUT2D eigenvalue weighted by Crippen LogP contribution is 2.40. The van der Waals surface area contributed by atoms with Gasteiger partial charge < -0.3 is 29.3 Å². The first-order chi connectivity index (χ1) is 12.6. The second-order valence-electron chi connectivity index (χ2n) is 6.07. The summed E-state index contributed by atoms with van der Waals surface area (Å²) in [6.07, 6.45) is 1.76. The Hall–Kier alpha value is -2.74. The summed E-state index contributed by atoms with van der Waals surface area (Å²) in [4.78, 5) is 13.5. The van der Waals surface area contributed by atoms with Crippen molar-refractivity contribution in [1.82, 2.24) is 14.9 Å². The van der Waals surface area contributed by atoms with Crippen LogP contribution in [0.3, 0.4) is 0 Å². The second-order valence-corrected chi connectivity index (χ2v) is 6.07. The van der Waals surface area contributed by atoms with Gasteiger partial charge in [0.15, 0.2) is 11.5 Å². The maximum atomic E-state index is 5.39. The topological polar surface area (TPSA) is 72.0 Å². The molecule has 1 fully saturated rings. The van der Waals surface area contributed by atoms with E-state index in [1.807, 2.05) is 18.2 Å². The molecule has 1 aromatic carbocycles. The molecule has 1 N–H and O–H groups in total. The van der Waals surface area contributed by atoms with Crippen LogP contribution >= 0.6 is 0 Å². The van der Waals surface area contributed by atoms with E-state index in [9.17, 15) is 0 Å². The summed E-state index contributed by atoms with van der Waals surface area (Å²) in [6.45, 7) is 3.97. The van der Waals surface area contributed by atoms with Crippen molar-refractivity contribution in [1.29, 1.82) is 0 Å². The van der Waals surface area contributed by atoms with Crippen LogP contribution in [0.1, 0.15) is 0 Å². The van der Waals surface area contributed by atoms with E-state index in [0.717, 1.165) is 37.7 Å². The molecule has 26 heavy (non-hydrogen) atoms. The first-order valence-electron chi connectivity index (χ1n) is 8.48. The van der Waals surface area contributed by atoms with Crippen molar-refractivity contribution in [3.05, 3.63) is 24.4 Å². The van der Waals surface area contributed by atoms with Gasteiger partial charge in [-0.15, -0.1) is 0 Å². The number of ether oxygens (including phenoxy) is 3. The second kappa shape index (κ2) is 8.09. The van der Waals surface area contributed by atoms with Crippen molar-refractivity contribution in [3.8, 4) is 17.2 Å². The Bertz CT molecular complexity index is 722. The Labute approximate surface area is 153 Å². The molecule has 8 nitrogen and oxygen atoms in total. The van der Waals surface area contributed by atoms with E-state index in [1.54, 1.807) is 27.5 Å². The summed E-state index contributed by atoms with van der Waals surface area (Å²) in [5.41, 5.74) is 0.759. The van der Waals surface area contributed by atoms with Crippen LogP contribution < -0.4 is 24.4 Å². The van der Waals surface area contributed by atoms with Gasteiger partial charge in [-0.2, -0.15) is 4.98 Å². The lowest BCUT2D eigenvalue weighted by atomic mass is 10.2. The molecule has 0 spiro atoms. The van der Waals surface area contributed by atoms with Crippen LogP contribution in [0.4, 0.5) is 17.5 Å². The maximum absolute atomic E-state index is 5.39. The zero-order valence-electron chi connectivity index (χ0n) is 15.7. The lowest BCUT2D eigenvalue weighted by Gasteiger charge is -2.33. The number of methoxy groups -OCH3 is 3. The molecule has 2 aromatic rings. The van der Waals surface area contributed by atoms with E-state index in [0.29, 0.717) is 23.2 Å². The molecular formula is C18H25N5O3. The number of nitrogens with zero attached hydrogens (tertiary/aromatic N) is 4. The summed E-state index contributed by atoms with van der Waals surface area (Å²) < 4.78 is 16.1. The molecule has 0 amide bonds. The highest BCUT2D eigenvalue weighted by atomic mass is 16.5. The molecule has 0 radical (unpaired) electrons. The third-order valence-corrected chi connectivity index (χ3v) is 4.39. The lowest BCUT2D eigenvalue weighted by Crippen LogP contribution is -2.44. The zero-order chi connectivity index (χ0) is 18.5. The standard InChI is InChI=1S/C18H25N5O3/c1-22-7-9-23(10-8-22)16-5-6-19-18(21-16)20-13-11-14(24-2)17(26-4)15(12-13)25-3/h5-6,11-12H,7-10H2,1-4H3,(H,19,20,21).